The van der Waals surface area contributed by atoms with Crippen molar-refractivity contribution >= 4 is 89.2 Å². The first-order valence-electron chi connectivity index (χ1n) is 21.5. The first-order chi connectivity index (χ1) is 30.4. The molecule has 10 aromatic carbocycles. The third kappa shape index (κ3) is 5.33. The summed E-state index contributed by atoms with van der Waals surface area (Å²) in [7, 11) is 4.34. The fourth-order valence-electron chi connectivity index (χ4n) is 10.2. The van der Waals surface area contributed by atoms with Gasteiger partial charge in [-0.2, -0.15) is 0 Å². The third-order valence-electron chi connectivity index (χ3n) is 13.4. The zero-order chi connectivity index (χ0) is 41.6. The average molecular weight is 797 g/mol. The van der Waals surface area contributed by atoms with Crippen molar-refractivity contribution in [2.24, 2.45) is 0 Å². The number of benzene rings is 10. The van der Waals surface area contributed by atoms with E-state index in [1.165, 1.54) is 88.4 Å². The third-order valence-corrected chi connectivity index (χ3v) is 13.4. The van der Waals surface area contributed by atoms with E-state index >= 15 is 0 Å². The zero-order valence-electron chi connectivity index (χ0n) is 35.3. The van der Waals surface area contributed by atoms with Crippen molar-refractivity contribution in [2.45, 2.75) is 13.8 Å². The first kappa shape index (κ1) is 36.1. The molecule has 2 aliphatic rings. The maximum atomic E-state index is 2.45. The molecule has 12 rings (SSSR count). The van der Waals surface area contributed by atoms with Crippen LogP contribution in [0.2, 0.25) is 0 Å². The molecule has 0 amide bonds. The zero-order valence-corrected chi connectivity index (χ0v) is 35.3. The molecular weight excluding hydrogens is 753 g/mol. The van der Waals surface area contributed by atoms with Gasteiger partial charge in [-0.3, -0.25) is 0 Å². The molecule has 4 nitrogen and oxygen atoms in total. The second-order valence-electron chi connectivity index (χ2n) is 16.8. The molecule has 0 unspecified atom stereocenters. The molecule has 0 atom stereocenters. The predicted octanol–water partition coefficient (Wildman–Crippen LogP) is 16.2. The molecule has 10 aromatic rings. The molecule has 0 saturated carbocycles. The standard InChI is InChI=1S/C58H44N4/c1-37-28-29-40(34-38(37)2)57-45-32-30-42(62-55-26-13-9-22-51(55)60(4)52-23-10-14-27-56(52)62)36-48(45)58(44-19-15-17-39-16-5-6-18-43(39)44)46-33-31-41(35-47(46)57)61-53-24-11-7-20-49(53)59(3)50-21-8-12-25-54(50)61/h5-36H,1-4H3. The Hall–Kier alpha value is -7.82. The minimum atomic E-state index is 1.12. The molecule has 4 heteroatoms. The summed E-state index contributed by atoms with van der Waals surface area (Å²) in [6.45, 7) is 4.44. The summed E-state index contributed by atoms with van der Waals surface area (Å²) in [5, 5.41) is 7.35. The van der Waals surface area contributed by atoms with Gasteiger partial charge in [-0.1, -0.05) is 121 Å². The lowest BCUT2D eigenvalue weighted by molar-refractivity contribution is 1.13. The fraction of sp³-hybridized carbons (Fsp3) is 0.0690. The minimum absolute atomic E-state index is 1.12. The van der Waals surface area contributed by atoms with Crippen molar-refractivity contribution in [2.75, 3.05) is 33.7 Å². The van der Waals surface area contributed by atoms with Gasteiger partial charge in [-0.15, -0.1) is 0 Å². The van der Waals surface area contributed by atoms with Gasteiger partial charge in [0, 0.05) is 25.5 Å². The van der Waals surface area contributed by atoms with Crippen LogP contribution < -0.4 is 19.6 Å². The van der Waals surface area contributed by atoms with Crippen LogP contribution in [0.25, 0.3) is 54.6 Å². The van der Waals surface area contributed by atoms with Gasteiger partial charge < -0.3 is 19.6 Å². The molecule has 0 aromatic heterocycles. The van der Waals surface area contributed by atoms with Crippen LogP contribution >= 0.6 is 0 Å². The minimum Gasteiger partial charge on any atom is -0.341 e. The Bertz CT molecular complexity index is 3360. The number of anilines is 10. The lowest BCUT2D eigenvalue weighted by Gasteiger charge is -2.39. The Kier molecular flexibility index (Phi) is 8.07. The monoisotopic (exact) mass is 796 g/mol. The van der Waals surface area contributed by atoms with E-state index in [-0.39, 0.29) is 0 Å². The Morgan fingerprint density at radius 3 is 1.26 bits per heavy atom. The summed E-state index contributed by atoms with van der Waals surface area (Å²) in [6, 6.07) is 71.9. The second-order valence-corrected chi connectivity index (χ2v) is 16.8. The van der Waals surface area contributed by atoms with Crippen molar-refractivity contribution in [3.8, 4) is 22.3 Å². The number of nitrogens with zero attached hydrogens (tertiary/aromatic N) is 4. The van der Waals surface area contributed by atoms with Gasteiger partial charge in [-0.05, 0) is 152 Å². The molecule has 62 heavy (non-hydrogen) atoms. The lowest BCUT2D eigenvalue weighted by Crippen LogP contribution is -2.24. The van der Waals surface area contributed by atoms with Crippen LogP contribution in [0, 0.1) is 13.8 Å². The Balaban J connectivity index is 1.21. The Labute approximate surface area is 362 Å². The van der Waals surface area contributed by atoms with Crippen LogP contribution in [0.5, 0.6) is 0 Å². The van der Waals surface area contributed by atoms with E-state index in [4.69, 9.17) is 0 Å². The SMILES string of the molecule is Cc1ccc(-c2c3cc(N4c5ccccc5N(C)c5ccccc54)ccc3c(-c3cccc4ccccc34)c3cc(N4c5ccccc5N(C)c5ccccc54)ccc23)cc1C. The maximum Gasteiger partial charge on any atom is 0.0699 e. The largest absolute Gasteiger partial charge is 0.341 e. The molecule has 0 bridgehead atoms. The topological polar surface area (TPSA) is 13.0 Å². The van der Waals surface area contributed by atoms with Gasteiger partial charge in [0.25, 0.3) is 0 Å². The number of aryl methyl sites for hydroxylation is 2. The van der Waals surface area contributed by atoms with Crippen LogP contribution in [-0.2, 0) is 0 Å². The number of rotatable bonds is 4. The average Bonchev–Trinajstić information content (AvgIpc) is 3.32. The second kappa shape index (κ2) is 13.9. The highest BCUT2D eigenvalue weighted by Gasteiger charge is 2.30. The normalized spacial score (nSPS) is 13.0. The van der Waals surface area contributed by atoms with Crippen LogP contribution in [-0.4, -0.2) is 14.1 Å². The molecule has 0 radical (unpaired) electrons. The molecule has 2 heterocycles. The van der Waals surface area contributed by atoms with Crippen molar-refractivity contribution < 1.29 is 0 Å². The molecule has 0 saturated heterocycles. The first-order valence-corrected chi connectivity index (χ1v) is 21.5. The van der Waals surface area contributed by atoms with Crippen LogP contribution in [0.15, 0.2) is 194 Å². The van der Waals surface area contributed by atoms with Crippen molar-refractivity contribution in [3.63, 3.8) is 0 Å². The highest BCUT2D eigenvalue weighted by molar-refractivity contribution is 6.25. The fourth-order valence-corrected chi connectivity index (χ4v) is 10.2. The summed E-state index contributed by atoms with van der Waals surface area (Å²) in [6.07, 6.45) is 0. The van der Waals surface area contributed by atoms with Crippen LogP contribution in [0.1, 0.15) is 11.1 Å². The quantitative estimate of drug-likeness (QED) is 0.164. The van der Waals surface area contributed by atoms with Gasteiger partial charge in [-0.25, -0.2) is 0 Å². The van der Waals surface area contributed by atoms with Crippen LogP contribution in [0.4, 0.5) is 56.9 Å². The maximum absolute atomic E-state index is 2.45. The predicted molar refractivity (Wildman–Crippen MR) is 265 cm³/mol. The Morgan fingerprint density at radius 1 is 0.306 bits per heavy atom. The summed E-state index contributed by atoms with van der Waals surface area (Å²) in [5.41, 5.74) is 19.1. The van der Waals surface area contributed by atoms with E-state index in [0.717, 1.165) is 34.1 Å². The van der Waals surface area contributed by atoms with Gasteiger partial charge in [0.05, 0.1) is 45.5 Å². The molecule has 0 aliphatic carbocycles. The summed E-state index contributed by atoms with van der Waals surface area (Å²) < 4.78 is 0. The van der Waals surface area contributed by atoms with Crippen molar-refractivity contribution in [1.82, 2.24) is 0 Å². The van der Waals surface area contributed by atoms with E-state index in [2.05, 4.69) is 242 Å². The molecule has 0 fully saturated rings. The number of para-hydroxylation sites is 8. The molecule has 0 N–H and O–H groups in total. The van der Waals surface area contributed by atoms with Gasteiger partial charge in [0.15, 0.2) is 0 Å². The number of fused-ring (bicyclic) bond motifs is 7. The highest BCUT2D eigenvalue weighted by Crippen LogP contribution is 2.55. The van der Waals surface area contributed by atoms with Gasteiger partial charge in [0.1, 0.15) is 0 Å². The van der Waals surface area contributed by atoms with Crippen molar-refractivity contribution in [3.05, 3.63) is 205 Å². The smallest absolute Gasteiger partial charge is 0.0699 e. The van der Waals surface area contributed by atoms with E-state index in [1.807, 2.05) is 0 Å². The molecule has 0 spiro atoms. The van der Waals surface area contributed by atoms with Gasteiger partial charge >= 0.3 is 0 Å². The van der Waals surface area contributed by atoms with Crippen LogP contribution in [0.3, 0.4) is 0 Å². The lowest BCUT2D eigenvalue weighted by atomic mass is 9.83. The van der Waals surface area contributed by atoms with Crippen molar-refractivity contribution in [1.29, 1.82) is 0 Å². The summed E-state index contributed by atoms with van der Waals surface area (Å²) in [5.74, 6) is 0. The molecule has 296 valence electrons. The van der Waals surface area contributed by atoms with E-state index < -0.39 is 0 Å². The van der Waals surface area contributed by atoms with E-state index in [1.54, 1.807) is 0 Å². The summed E-state index contributed by atoms with van der Waals surface area (Å²) in [4.78, 5) is 9.51. The van der Waals surface area contributed by atoms with Gasteiger partial charge in [0.2, 0.25) is 0 Å². The summed E-state index contributed by atoms with van der Waals surface area (Å²) >= 11 is 0. The van der Waals surface area contributed by atoms with E-state index in [0.29, 0.717) is 0 Å². The highest BCUT2D eigenvalue weighted by atomic mass is 15.3. The van der Waals surface area contributed by atoms with E-state index in [9.17, 15) is 0 Å². The number of hydrogen-bond acceptors (Lipinski definition) is 4. The molecule has 2 aliphatic heterocycles. The Morgan fingerprint density at radius 2 is 0.742 bits per heavy atom. The number of hydrogen-bond donors (Lipinski definition) is 0. The molecular formula is C58H44N4.